The van der Waals surface area contributed by atoms with E-state index in [1.165, 1.54) is 0 Å². The second kappa shape index (κ2) is 3.93. The third kappa shape index (κ3) is 1.75. The van der Waals surface area contributed by atoms with Gasteiger partial charge in [-0.2, -0.15) is 0 Å². The average molecular weight is 229 g/mol. The number of rotatable bonds is 3. The predicted molar refractivity (Wildman–Crippen MR) is 63.3 cm³/mol. The van der Waals surface area contributed by atoms with E-state index in [2.05, 4.69) is 15.3 Å². The largest absolute Gasteiger partial charge is 0.467 e. The molecule has 0 amide bonds. The van der Waals surface area contributed by atoms with Gasteiger partial charge in [0.1, 0.15) is 5.76 Å². The van der Waals surface area contributed by atoms with Crippen molar-refractivity contribution in [3.05, 3.63) is 42.7 Å². The first-order valence-corrected chi connectivity index (χ1v) is 5.42. The molecule has 5 nitrogen and oxygen atoms in total. The molecule has 0 saturated carbocycles. The van der Waals surface area contributed by atoms with Gasteiger partial charge in [-0.25, -0.2) is 14.5 Å². The molecule has 3 heterocycles. The Labute approximate surface area is 98.1 Å². The molecule has 0 aliphatic carbocycles. The molecule has 3 rings (SSSR count). The van der Waals surface area contributed by atoms with Crippen LogP contribution in [0, 0.1) is 0 Å². The van der Waals surface area contributed by atoms with Crippen molar-refractivity contribution >= 4 is 16.9 Å². The minimum absolute atomic E-state index is 0.627. The molecular formula is C12H13N4O+. The van der Waals surface area contributed by atoms with Crippen molar-refractivity contribution < 1.29 is 8.98 Å². The zero-order chi connectivity index (χ0) is 11.7. The van der Waals surface area contributed by atoms with Crippen LogP contribution in [0.3, 0.4) is 0 Å². The molecule has 0 fully saturated rings. The summed E-state index contributed by atoms with van der Waals surface area (Å²) in [5.74, 6) is 1.72. The van der Waals surface area contributed by atoms with Crippen LogP contribution in [-0.4, -0.2) is 9.97 Å². The summed E-state index contributed by atoms with van der Waals surface area (Å²) >= 11 is 0. The summed E-state index contributed by atoms with van der Waals surface area (Å²) in [6.45, 7) is 0.627. The third-order valence-corrected chi connectivity index (χ3v) is 2.72. The van der Waals surface area contributed by atoms with Crippen LogP contribution in [0.15, 0.2) is 41.4 Å². The molecule has 0 aromatic carbocycles. The molecule has 3 aromatic heterocycles. The summed E-state index contributed by atoms with van der Waals surface area (Å²) in [5, 5.41) is 3.25. The maximum absolute atomic E-state index is 5.27. The number of pyridine rings is 1. The minimum atomic E-state index is 0.627. The van der Waals surface area contributed by atoms with E-state index in [4.69, 9.17) is 4.42 Å². The van der Waals surface area contributed by atoms with Gasteiger partial charge in [0.25, 0.3) is 0 Å². The summed E-state index contributed by atoms with van der Waals surface area (Å²) in [5.41, 5.74) is 2.11. The number of anilines is 1. The fraction of sp³-hybridized carbons (Fsp3) is 0.167. The number of hydrogen-bond donors (Lipinski definition) is 2. The highest BCUT2D eigenvalue weighted by Gasteiger charge is 2.11. The molecule has 86 valence electrons. The number of hydrogen-bond acceptors (Lipinski definition) is 3. The van der Waals surface area contributed by atoms with Crippen molar-refractivity contribution in [2.24, 2.45) is 7.05 Å². The lowest BCUT2D eigenvalue weighted by Gasteiger charge is -2.01. The van der Waals surface area contributed by atoms with Crippen LogP contribution in [0.1, 0.15) is 5.76 Å². The van der Waals surface area contributed by atoms with Gasteiger partial charge in [0.05, 0.1) is 19.9 Å². The molecule has 0 radical (unpaired) electrons. The highest BCUT2D eigenvalue weighted by Crippen LogP contribution is 2.16. The lowest BCUT2D eigenvalue weighted by Crippen LogP contribution is -2.24. The van der Waals surface area contributed by atoms with E-state index in [1.807, 2.05) is 36.1 Å². The van der Waals surface area contributed by atoms with Crippen molar-refractivity contribution in [2.75, 3.05) is 5.32 Å². The summed E-state index contributed by atoms with van der Waals surface area (Å²) in [4.78, 5) is 7.52. The Morgan fingerprint density at radius 1 is 1.47 bits per heavy atom. The van der Waals surface area contributed by atoms with Crippen LogP contribution >= 0.6 is 0 Å². The second-order valence-corrected chi connectivity index (χ2v) is 3.87. The number of imidazole rings is 1. The van der Waals surface area contributed by atoms with Crippen molar-refractivity contribution in [1.29, 1.82) is 0 Å². The Hall–Kier alpha value is -2.30. The third-order valence-electron chi connectivity index (χ3n) is 2.72. The van der Waals surface area contributed by atoms with Gasteiger partial charge < -0.3 is 9.73 Å². The SMILES string of the molecule is C[n+]1c[nH]c2c(NCc3ccco3)nccc21. The first-order valence-electron chi connectivity index (χ1n) is 5.42. The highest BCUT2D eigenvalue weighted by atomic mass is 16.3. The molecule has 2 N–H and O–H groups in total. The number of nitrogens with zero attached hydrogens (tertiary/aromatic N) is 2. The van der Waals surface area contributed by atoms with E-state index in [0.717, 1.165) is 22.6 Å². The Kier molecular flexibility index (Phi) is 2.29. The van der Waals surface area contributed by atoms with E-state index < -0.39 is 0 Å². The van der Waals surface area contributed by atoms with Gasteiger partial charge in [-0.15, -0.1) is 0 Å². The van der Waals surface area contributed by atoms with Crippen LogP contribution < -0.4 is 9.88 Å². The molecule has 0 spiro atoms. The van der Waals surface area contributed by atoms with Gasteiger partial charge in [-0.05, 0) is 12.1 Å². The standard InChI is InChI=1S/C12H12N4O/c1-16-8-15-11-10(16)4-5-13-12(11)14-7-9-3-2-6-17-9/h2-6,8H,7H2,1H3,(H,13,14)/p+1. The number of furan rings is 1. The smallest absolute Gasteiger partial charge is 0.242 e. The van der Waals surface area contributed by atoms with E-state index in [-0.39, 0.29) is 0 Å². The number of aromatic amines is 1. The minimum Gasteiger partial charge on any atom is -0.467 e. The van der Waals surface area contributed by atoms with Gasteiger partial charge >= 0.3 is 0 Å². The zero-order valence-corrected chi connectivity index (χ0v) is 9.47. The van der Waals surface area contributed by atoms with Gasteiger partial charge in [-0.3, -0.25) is 0 Å². The number of H-pyrrole nitrogens is 1. The van der Waals surface area contributed by atoms with E-state index in [9.17, 15) is 0 Å². The summed E-state index contributed by atoms with van der Waals surface area (Å²) in [7, 11) is 2.00. The van der Waals surface area contributed by atoms with Crippen LogP contribution in [0.2, 0.25) is 0 Å². The van der Waals surface area contributed by atoms with Crippen LogP contribution in [0.4, 0.5) is 5.82 Å². The molecule has 5 heteroatoms. The fourth-order valence-electron chi connectivity index (χ4n) is 1.84. The Morgan fingerprint density at radius 3 is 3.24 bits per heavy atom. The monoisotopic (exact) mass is 229 g/mol. The Balaban J connectivity index is 1.90. The maximum Gasteiger partial charge on any atom is 0.242 e. The quantitative estimate of drug-likeness (QED) is 0.670. The molecule has 0 atom stereocenters. The maximum atomic E-state index is 5.27. The number of fused-ring (bicyclic) bond motifs is 1. The van der Waals surface area contributed by atoms with E-state index in [0.29, 0.717) is 6.54 Å². The zero-order valence-electron chi connectivity index (χ0n) is 9.47. The number of aromatic nitrogens is 3. The first-order chi connectivity index (χ1) is 8.34. The summed E-state index contributed by atoms with van der Waals surface area (Å²) in [6, 6.07) is 5.78. The lowest BCUT2D eigenvalue weighted by atomic mass is 10.3. The van der Waals surface area contributed by atoms with Crippen molar-refractivity contribution in [3.8, 4) is 0 Å². The van der Waals surface area contributed by atoms with Crippen LogP contribution in [0.5, 0.6) is 0 Å². The van der Waals surface area contributed by atoms with Gasteiger partial charge in [0, 0.05) is 12.3 Å². The van der Waals surface area contributed by atoms with Gasteiger partial charge in [0.15, 0.2) is 11.3 Å². The Bertz CT molecular complexity index is 627. The van der Waals surface area contributed by atoms with Gasteiger partial charge in [0.2, 0.25) is 11.8 Å². The van der Waals surface area contributed by atoms with Crippen LogP contribution in [-0.2, 0) is 13.6 Å². The Morgan fingerprint density at radius 2 is 2.41 bits per heavy atom. The van der Waals surface area contributed by atoms with Crippen molar-refractivity contribution in [2.45, 2.75) is 6.54 Å². The summed E-state index contributed by atoms with van der Waals surface area (Å²) in [6.07, 6.45) is 5.37. The van der Waals surface area contributed by atoms with Crippen molar-refractivity contribution in [1.82, 2.24) is 9.97 Å². The number of nitrogens with one attached hydrogen (secondary N) is 2. The molecule has 17 heavy (non-hydrogen) atoms. The first kappa shape index (κ1) is 9.89. The van der Waals surface area contributed by atoms with Crippen molar-refractivity contribution in [3.63, 3.8) is 0 Å². The molecule has 0 saturated heterocycles. The molecule has 3 aromatic rings. The molecule has 0 aliphatic rings. The molecule has 0 aliphatic heterocycles. The van der Waals surface area contributed by atoms with E-state index >= 15 is 0 Å². The highest BCUT2D eigenvalue weighted by molar-refractivity contribution is 5.82. The van der Waals surface area contributed by atoms with Crippen LogP contribution in [0.25, 0.3) is 11.0 Å². The normalized spacial score (nSPS) is 10.9. The van der Waals surface area contributed by atoms with E-state index in [1.54, 1.807) is 12.5 Å². The summed E-state index contributed by atoms with van der Waals surface area (Å²) < 4.78 is 7.29. The fourth-order valence-corrected chi connectivity index (χ4v) is 1.84. The van der Waals surface area contributed by atoms with Gasteiger partial charge in [-0.1, -0.05) is 0 Å². The molecule has 0 unspecified atom stereocenters. The predicted octanol–water partition coefficient (Wildman–Crippen LogP) is 1.59. The molecular weight excluding hydrogens is 216 g/mol. The number of aryl methyl sites for hydroxylation is 1. The molecule has 0 bridgehead atoms. The lowest BCUT2D eigenvalue weighted by molar-refractivity contribution is -0.644. The average Bonchev–Trinajstić information content (AvgIpc) is 2.97. The topological polar surface area (TPSA) is 57.7 Å². The second-order valence-electron chi connectivity index (χ2n) is 3.87.